The Morgan fingerprint density at radius 1 is 1.62 bits per heavy atom. The third-order valence-electron chi connectivity index (χ3n) is 1.79. The zero-order valence-electron chi connectivity index (χ0n) is 7.50. The Balaban J connectivity index is 3.18. The van der Waals surface area contributed by atoms with E-state index in [0.717, 1.165) is 17.2 Å². The van der Waals surface area contributed by atoms with Crippen LogP contribution >= 0.6 is 0 Å². The van der Waals surface area contributed by atoms with E-state index in [1.807, 2.05) is 6.07 Å². The van der Waals surface area contributed by atoms with Gasteiger partial charge in [-0.3, -0.25) is 0 Å². The first-order valence-corrected chi connectivity index (χ1v) is 4.42. The third kappa shape index (κ3) is 1.92. The van der Waals surface area contributed by atoms with Crippen LogP contribution in [0.25, 0.3) is 0 Å². The van der Waals surface area contributed by atoms with Crippen molar-refractivity contribution in [2.45, 2.75) is 6.42 Å². The summed E-state index contributed by atoms with van der Waals surface area (Å²) in [5, 5.41) is 10.2. The van der Waals surface area contributed by atoms with Gasteiger partial charge in [0.1, 0.15) is 0 Å². The second-order valence-electron chi connectivity index (χ2n) is 2.64. The highest BCUT2D eigenvalue weighted by Gasteiger charge is 2.07. The van der Waals surface area contributed by atoms with Gasteiger partial charge in [0.15, 0.2) is 11.5 Å². The Morgan fingerprint density at radius 2 is 2.31 bits per heavy atom. The van der Waals surface area contributed by atoms with E-state index >= 15 is 0 Å². The number of ether oxygens (including phenoxy) is 1. The molecule has 0 amide bonds. The summed E-state index contributed by atoms with van der Waals surface area (Å²) >= 11 is 0. The molecule has 0 spiro atoms. The van der Waals surface area contributed by atoms with Crippen LogP contribution in [0, 0.1) is 0 Å². The fourth-order valence-corrected chi connectivity index (χ4v) is 1.56. The van der Waals surface area contributed by atoms with Gasteiger partial charge in [-0.25, -0.2) is 0 Å². The lowest BCUT2D eigenvalue weighted by Gasteiger charge is -2.10. The van der Waals surface area contributed by atoms with Crippen LogP contribution in [0.5, 0.6) is 11.5 Å². The number of hydrogen-bond acceptors (Lipinski definition) is 2. The van der Waals surface area contributed by atoms with Crippen molar-refractivity contribution in [1.29, 1.82) is 0 Å². The van der Waals surface area contributed by atoms with E-state index < -0.39 is 0 Å². The third-order valence-corrected chi connectivity index (χ3v) is 2.34. The van der Waals surface area contributed by atoms with Crippen LogP contribution in [-0.4, -0.2) is 22.5 Å². The molecule has 0 saturated carbocycles. The number of hydrogen-bond donors (Lipinski definition) is 1. The molecule has 0 atom stereocenters. The number of allylic oxidation sites excluding steroid dienone is 1. The molecule has 0 aromatic heterocycles. The lowest BCUT2D eigenvalue weighted by atomic mass is 10.1. The van der Waals surface area contributed by atoms with Gasteiger partial charge >= 0.3 is 0 Å². The summed E-state index contributed by atoms with van der Waals surface area (Å²) in [5.74, 6) is 0.608. The van der Waals surface area contributed by atoms with Gasteiger partial charge in [0.05, 0.1) is 17.4 Å². The molecule has 0 bridgehead atoms. The molecule has 0 aliphatic carbocycles. The number of rotatable bonds is 3. The van der Waals surface area contributed by atoms with E-state index in [1.165, 1.54) is 7.11 Å². The molecule has 3 heteroatoms. The highest BCUT2D eigenvalue weighted by molar-refractivity contribution is 6.35. The molecular formula is C10H11O2Si. The van der Waals surface area contributed by atoms with Gasteiger partial charge in [-0.15, -0.1) is 6.58 Å². The largest absolute Gasteiger partial charge is 0.504 e. The molecule has 0 saturated heterocycles. The predicted octanol–water partition coefficient (Wildman–Crippen LogP) is 0.923. The Bertz CT molecular complexity index is 321. The second kappa shape index (κ2) is 4.14. The predicted molar refractivity (Wildman–Crippen MR) is 53.9 cm³/mol. The Kier molecular flexibility index (Phi) is 3.14. The maximum absolute atomic E-state index is 9.40. The molecule has 0 aliphatic rings. The standard InChI is InChI=1S/C10H11O2Si/c1-3-4-7-5-6-8(11)9(12-2)10(7)13/h3,5-6,11H,1,4H2,2H3. The van der Waals surface area contributed by atoms with E-state index in [4.69, 9.17) is 4.74 Å². The average molecular weight is 191 g/mol. The average Bonchev–Trinajstić information content (AvgIpc) is 2.11. The van der Waals surface area contributed by atoms with E-state index in [-0.39, 0.29) is 5.75 Å². The fraction of sp³-hybridized carbons (Fsp3) is 0.200. The van der Waals surface area contributed by atoms with Crippen LogP contribution in [0.15, 0.2) is 24.8 Å². The number of benzene rings is 1. The normalized spacial score (nSPS) is 9.69. The first kappa shape index (κ1) is 9.86. The molecule has 2 nitrogen and oxygen atoms in total. The molecule has 13 heavy (non-hydrogen) atoms. The molecule has 3 radical (unpaired) electrons. The second-order valence-corrected chi connectivity index (χ2v) is 3.14. The molecule has 0 unspecified atom stereocenters. The van der Waals surface area contributed by atoms with Crippen molar-refractivity contribution >= 4 is 15.4 Å². The summed E-state index contributed by atoms with van der Waals surface area (Å²) in [5.41, 5.74) is 1.04. The number of phenols is 1. The molecule has 0 fully saturated rings. The topological polar surface area (TPSA) is 29.5 Å². The van der Waals surface area contributed by atoms with Gasteiger partial charge in [0.2, 0.25) is 0 Å². The van der Waals surface area contributed by atoms with Crippen LogP contribution < -0.4 is 9.92 Å². The van der Waals surface area contributed by atoms with Gasteiger partial charge in [-0.2, -0.15) is 0 Å². The molecule has 0 aliphatic heterocycles. The van der Waals surface area contributed by atoms with Gasteiger partial charge in [-0.1, -0.05) is 12.1 Å². The first-order chi connectivity index (χ1) is 6.20. The Labute approximate surface area is 81.3 Å². The Hall–Kier alpha value is -1.22. The van der Waals surface area contributed by atoms with E-state index in [9.17, 15) is 5.11 Å². The van der Waals surface area contributed by atoms with Crippen molar-refractivity contribution in [1.82, 2.24) is 0 Å². The SMILES string of the molecule is C=CCc1ccc(O)c(OC)c1[Si]. The highest BCUT2D eigenvalue weighted by atomic mass is 28.1. The van der Waals surface area contributed by atoms with E-state index in [2.05, 4.69) is 16.8 Å². The first-order valence-electron chi connectivity index (χ1n) is 3.92. The Morgan fingerprint density at radius 3 is 2.85 bits per heavy atom. The van der Waals surface area contributed by atoms with Gasteiger partial charge in [0, 0.05) is 0 Å². The van der Waals surface area contributed by atoms with E-state index in [1.54, 1.807) is 12.1 Å². The molecule has 1 N–H and O–H groups in total. The molecule has 1 rings (SSSR count). The van der Waals surface area contributed by atoms with Crippen LogP contribution in [0.2, 0.25) is 0 Å². The number of phenolic OH excluding ortho intramolecular Hbond substituents is 1. The van der Waals surface area contributed by atoms with Gasteiger partial charge in [-0.05, 0) is 23.2 Å². The molecule has 1 aromatic rings. The lowest BCUT2D eigenvalue weighted by Crippen LogP contribution is -2.13. The summed E-state index contributed by atoms with van der Waals surface area (Å²) in [6, 6.07) is 3.45. The minimum atomic E-state index is 0.139. The summed E-state index contributed by atoms with van der Waals surface area (Å²) in [6.45, 7) is 3.65. The summed E-state index contributed by atoms with van der Waals surface area (Å²) in [6.07, 6.45) is 2.55. The summed E-state index contributed by atoms with van der Waals surface area (Å²) in [7, 11) is 4.94. The molecule has 1 aromatic carbocycles. The molecule has 67 valence electrons. The minimum Gasteiger partial charge on any atom is -0.504 e. The van der Waals surface area contributed by atoms with Crippen molar-refractivity contribution in [3.8, 4) is 11.5 Å². The minimum absolute atomic E-state index is 0.139. The maximum atomic E-state index is 9.40. The lowest BCUT2D eigenvalue weighted by molar-refractivity contribution is 0.376. The van der Waals surface area contributed by atoms with Crippen molar-refractivity contribution in [2.24, 2.45) is 0 Å². The summed E-state index contributed by atoms with van der Waals surface area (Å²) in [4.78, 5) is 0. The van der Waals surface area contributed by atoms with Crippen LogP contribution in [0.4, 0.5) is 0 Å². The summed E-state index contributed by atoms with van der Waals surface area (Å²) < 4.78 is 5.03. The highest BCUT2D eigenvalue weighted by Crippen LogP contribution is 2.23. The van der Waals surface area contributed by atoms with Crippen molar-refractivity contribution < 1.29 is 9.84 Å². The molecule has 0 heterocycles. The van der Waals surface area contributed by atoms with Crippen LogP contribution in [-0.2, 0) is 6.42 Å². The maximum Gasteiger partial charge on any atom is 0.159 e. The zero-order chi connectivity index (χ0) is 9.84. The van der Waals surface area contributed by atoms with Gasteiger partial charge in [0.25, 0.3) is 0 Å². The smallest absolute Gasteiger partial charge is 0.159 e. The monoisotopic (exact) mass is 191 g/mol. The number of methoxy groups -OCH3 is 1. The van der Waals surface area contributed by atoms with Gasteiger partial charge < -0.3 is 9.84 Å². The fourth-order valence-electron chi connectivity index (χ4n) is 1.14. The van der Waals surface area contributed by atoms with E-state index in [0.29, 0.717) is 5.75 Å². The quantitative estimate of drug-likeness (QED) is 0.569. The van der Waals surface area contributed by atoms with Crippen LogP contribution in [0.1, 0.15) is 5.56 Å². The molecular weight excluding hydrogens is 180 g/mol. The van der Waals surface area contributed by atoms with Crippen molar-refractivity contribution in [3.05, 3.63) is 30.4 Å². The zero-order valence-corrected chi connectivity index (χ0v) is 8.50. The van der Waals surface area contributed by atoms with Crippen molar-refractivity contribution in [3.63, 3.8) is 0 Å². The van der Waals surface area contributed by atoms with Crippen LogP contribution in [0.3, 0.4) is 0 Å². The number of aromatic hydroxyl groups is 1. The van der Waals surface area contributed by atoms with Crippen molar-refractivity contribution in [2.75, 3.05) is 7.11 Å².